The molecule has 0 aromatic heterocycles. The maximum absolute atomic E-state index is 12.7. The van der Waals surface area contributed by atoms with E-state index in [0.29, 0.717) is 62.7 Å². The molecule has 2 heterocycles. The number of carbonyl (C=O) groups excluding carboxylic acids is 2. The zero-order valence-electron chi connectivity index (χ0n) is 15.6. The molecular weight excluding hydrogens is 332 g/mol. The van der Waals surface area contributed by atoms with Crippen LogP contribution in [0.5, 0.6) is 0 Å². The number of hydrogen-bond donors (Lipinski definition) is 1. The van der Waals surface area contributed by atoms with Crippen LogP contribution < -0.4 is 5.32 Å². The summed E-state index contributed by atoms with van der Waals surface area (Å²) in [7, 11) is 0. The van der Waals surface area contributed by atoms with Gasteiger partial charge in [0.05, 0.1) is 13.2 Å². The summed E-state index contributed by atoms with van der Waals surface area (Å²) in [5, 5.41) is 2.91. The van der Waals surface area contributed by atoms with Gasteiger partial charge in [-0.1, -0.05) is 13.8 Å². The van der Waals surface area contributed by atoms with Gasteiger partial charge in [-0.2, -0.15) is 0 Å². The van der Waals surface area contributed by atoms with Crippen LogP contribution in [0.25, 0.3) is 0 Å². The molecule has 6 heteroatoms. The van der Waals surface area contributed by atoms with Gasteiger partial charge in [0.25, 0.3) is 11.8 Å². The molecule has 0 bridgehead atoms. The lowest BCUT2D eigenvalue weighted by Gasteiger charge is -2.37. The number of benzene rings is 1. The summed E-state index contributed by atoms with van der Waals surface area (Å²) in [6.45, 7) is 7.42. The molecule has 0 radical (unpaired) electrons. The van der Waals surface area contributed by atoms with Crippen molar-refractivity contribution >= 4 is 11.8 Å². The standard InChI is InChI=1S/C20H28N2O4/c1-15(2)7-10-21-18(23)16-3-5-17(6-4-16)19(24)22-11-8-20(9-12-22)25-13-14-26-20/h3-6,15H,7-14H2,1-2H3,(H,21,23). The third kappa shape index (κ3) is 4.43. The topological polar surface area (TPSA) is 67.9 Å². The van der Waals surface area contributed by atoms with Gasteiger partial charge in [-0.25, -0.2) is 0 Å². The van der Waals surface area contributed by atoms with Crippen molar-refractivity contribution in [3.05, 3.63) is 35.4 Å². The van der Waals surface area contributed by atoms with E-state index in [9.17, 15) is 9.59 Å². The van der Waals surface area contributed by atoms with E-state index < -0.39 is 5.79 Å². The van der Waals surface area contributed by atoms with Crippen LogP contribution in [0.4, 0.5) is 0 Å². The van der Waals surface area contributed by atoms with Crippen molar-refractivity contribution in [2.45, 2.75) is 38.9 Å². The maximum atomic E-state index is 12.7. The van der Waals surface area contributed by atoms with Crippen LogP contribution >= 0.6 is 0 Å². The molecule has 2 aliphatic rings. The summed E-state index contributed by atoms with van der Waals surface area (Å²) in [5.41, 5.74) is 1.18. The normalized spacial score (nSPS) is 19.1. The van der Waals surface area contributed by atoms with Crippen molar-refractivity contribution in [1.29, 1.82) is 0 Å². The van der Waals surface area contributed by atoms with Crippen LogP contribution in [0.2, 0.25) is 0 Å². The molecule has 1 aromatic rings. The van der Waals surface area contributed by atoms with Crippen LogP contribution in [-0.4, -0.2) is 55.3 Å². The van der Waals surface area contributed by atoms with Crippen LogP contribution in [0.15, 0.2) is 24.3 Å². The van der Waals surface area contributed by atoms with Crippen molar-refractivity contribution in [2.24, 2.45) is 5.92 Å². The number of piperidine rings is 1. The van der Waals surface area contributed by atoms with Gasteiger partial charge in [0.15, 0.2) is 5.79 Å². The van der Waals surface area contributed by atoms with Crippen LogP contribution in [0, 0.1) is 5.92 Å². The highest BCUT2D eigenvalue weighted by molar-refractivity contribution is 5.97. The van der Waals surface area contributed by atoms with Gasteiger partial charge in [0.2, 0.25) is 0 Å². The van der Waals surface area contributed by atoms with Crippen molar-refractivity contribution in [3.63, 3.8) is 0 Å². The lowest BCUT2D eigenvalue weighted by atomic mass is 10.0. The van der Waals surface area contributed by atoms with Crippen LogP contribution in [0.1, 0.15) is 53.8 Å². The second-order valence-corrected chi connectivity index (χ2v) is 7.42. The Balaban J connectivity index is 1.53. The van der Waals surface area contributed by atoms with Crippen LogP contribution in [-0.2, 0) is 9.47 Å². The molecule has 0 unspecified atom stereocenters. The second kappa shape index (κ2) is 8.18. The van der Waals surface area contributed by atoms with Gasteiger partial charge in [0, 0.05) is 43.6 Å². The first kappa shape index (κ1) is 18.9. The zero-order chi connectivity index (χ0) is 18.6. The van der Waals surface area contributed by atoms with E-state index in [0.717, 1.165) is 6.42 Å². The minimum atomic E-state index is -0.477. The molecular formula is C20H28N2O4. The fourth-order valence-electron chi connectivity index (χ4n) is 3.36. The molecule has 6 nitrogen and oxygen atoms in total. The number of nitrogens with zero attached hydrogens (tertiary/aromatic N) is 1. The molecule has 1 N–H and O–H groups in total. The van der Waals surface area contributed by atoms with Gasteiger partial charge in [-0.05, 0) is 36.6 Å². The third-order valence-electron chi connectivity index (χ3n) is 5.03. The summed E-state index contributed by atoms with van der Waals surface area (Å²) in [5.74, 6) is -0.0296. The summed E-state index contributed by atoms with van der Waals surface area (Å²) in [6.07, 6.45) is 2.36. The first-order valence-corrected chi connectivity index (χ1v) is 9.44. The first-order chi connectivity index (χ1) is 12.5. The van der Waals surface area contributed by atoms with Crippen molar-refractivity contribution in [1.82, 2.24) is 10.2 Å². The first-order valence-electron chi connectivity index (χ1n) is 9.44. The van der Waals surface area contributed by atoms with E-state index >= 15 is 0 Å². The van der Waals surface area contributed by atoms with E-state index in [1.165, 1.54) is 0 Å². The maximum Gasteiger partial charge on any atom is 0.253 e. The van der Waals surface area contributed by atoms with E-state index in [4.69, 9.17) is 9.47 Å². The Bertz CT molecular complexity index is 626. The molecule has 0 saturated carbocycles. The Hall–Kier alpha value is -1.92. The summed E-state index contributed by atoms with van der Waals surface area (Å²) >= 11 is 0. The monoisotopic (exact) mass is 360 g/mol. The van der Waals surface area contributed by atoms with Gasteiger partial charge < -0.3 is 19.7 Å². The van der Waals surface area contributed by atoms with Crippen LogP contribution in [0.3, 0.4) is 0 Å². The fraction of sp³-hybridized carbons (Fsp3) is 0.600. The average Bonchev–Trinajstić information content (AvgIpc) is 3.09. The van der Waals surface area contributed by atoms with Gasteiger partial charge in [0.1, 0.15) is 0 Å². The van der Waals surface area contributed by atoms with Crippen molar-refractivity contribution in [3.8, 4) is 0 Å². The van der Waals surface area contributed by atoms with E-state index in [1.54, 1.807) is 24.3 Å². The SMILES string of the molecule is CC(C)CCNC(=O)c1ccc(C(=O)N2CCC3(CC2)OCCO3)cc1. The molecule has 2 amide bonds. The lowest BCUT2D eigenvalue weighted by molar-refractivity contribution is -0.181. The highest BCUT2D eigenvalue weighted by atomic mass is 16.7. The van der Waals surface area contributed by atoms with E-state index in [2.05, 4.69) is 19.2 Å². The Morgan fingerprint density at radius 2 is 1.65 bits per heavy atom. The largest absolute Gasteiger partial charge is 0.352 e. The third-order valence-corrected chi connectivity index (χ3v) is 5.03. The molecule has 2 saturated heterocycles. The van der Waals surface area contributed by atoms with Gasteiger partial charge in [-0.15, -0.1) is 0 Å². The Kier molecular flexibility index (Phi) is 5.94. The molecule has 26 heavy (non-hydrogen) atoms. The predicted molar refractivity (Wildman–Crippen MR) is 98.0 cm³/mol. The van der Waals surface area contributed by atoms with Crippen molar-refractivity contribution < 1.29 is 19.1 Å². The number of likely N-dealkylation sites (tertiary alicyclic amines) is 1. The molecule has 0 aliphatic carbocycles. The summed E-state index contributed by atoms with van der Waals surface area (Å²) < 4.78 is 11.4. The number of carbonyl (C=O) groups is 2. The quantitative estimate of drug-likeness (QED) is 0.876. The summed E-state index contributed by atoms with van der Waals surface area (Å²) in [6, 6.07) is 6.89. The molecule has 2 aliphatic heterocycles. The molecule has 142 valence electrons. The molecule has 3 rings (SSSR count). The fourth-order valence-corrected chi connectivity index (χ4v) is 3.36. The second-order valence-electron chi connectivity index (χ2n) is 7.42. The number of nitrogens with one attached hydrogen (secondary N) is 1. The Morgan fingerprint density at radius 3 is 2.23 bits per heavy atom. The molecule has 2 fully saturated rings. The number of hydrogen-bond acceptors (Lipinski definition) is 4. The molecule has 1 aromatic carbocycles. The van der Waals surface area contributed by atoms with E-state index in [-0.39, 0.29) is 11.8 Å². The average molecular weight is 360 g/mol. The molecule has 0 atom stereocenters. The zero-order valence-corrected chi connectivity index (χ0v) is 15.6. The predicted octanol–water partition coefficient (Wildman–Crippen LogP) is 2.44. The van der Waals surface area contributed by atoms with E-state index in [1.807, 2.05) is 4.90 Å². The number of amides is 2. The van der Waals surface area contributed by atoms with Gasteiger partial charge >= 0.3 is 0 Å². The Morgan fingerprint density at radius 1 is 1.08 bits per heavy atom. The molecule has 1 spiro atoms. The smallest absolute Gasteiger partial charge is 0.253 e. The number of ether oxygens (including phenoxy) is 2. The highest BCUT2D eigenvalue weighted by Gasteiger charge is 2.40. The lowest BCUT2D eigenvalue weighted by Crippen LogP contribution is -2.47. The van der Waals surface area contributed by atoms with Gasteiger partial charge in [-0.3, -0.25) is 9.59 Å². The highest BCUT2D eigenvalue weighted by Crippen LogP contribution is 2.31. The minimum Gasteiger partial charge on any atom is -0.352 e. The Labute approximate surface area is 154 Å². The summed E-state index contributed by atoms with van der Waals surface area (Å²) in [4.78, 5) is 26.6. The number of rotatable bonds is 5. The van der Waals surface area contributed by atoms with Crippen molar-refractivity contribution in [2.75, 3.05) is 32.8 Å². The minimum absolute atomic E-state index is 0.00962.